The summed E-state index contributed by atoms with van der Waals surface area (Å²) in [6.45, 7) is 4.87. The summed E-state index contributed by atoms with van der Waals surface area (Å²) in [6.07, 6.45) is 6.65. The molecule has 0 aliphatic carbocycles. The van der Waals surface area contributed by atoms with Crippen molar-refractivity contribution in [1.29, 1.82) is 0 Å². The van der Waals surface area contributed by atoms with Gasteiger partial charge in [0.1, 0.15) is 5.82 Å². The molecule has 2 aromatic rings. The van der Waals surface area contributed by atoms with Gasteiger partial charge in [-0.2, -0.15) is 0 Å². The summed E-state index contributed by atoms with van der Waals surface area (Å²) in [4.78, 5) is 10.8. The zero-order chi connectivity index (χ0) is 14.2. The average Bonchev–Trinajstić information content (AvgIpc) is 2.47. The van der Waals surface area contributed by atoms with Crippen molar-refractivity contribution >= 4 is 5.82 Å². The van der Waals surface area contributed by atoms with Gasteiger partial charge in [-0.1, -0.05) is 19.1 Å². The first-order chi connectivity index (χ1) is 9.79. The van der Waals surface area contributed by atoms with Gasteiger partial charge in [0.25, 0.3) is 0 Å². The fourth-order valence-corrected chi connectivity index (χ4v) is 2.12. The molecule has 0 saturated carbocycles. The van der Waals surface area contributed by atoms with E-state index in [1.54, 1.807) is 6.20 Å². The number of nitrogens with zero attached hydrogens (tertiary/aromatic N) is 3. The lowest BCUT2D eigenvalue weighted by Gasteiger charge is -2.18. The molecule has 20 heavy (non-hydrogen) atoms. The normalized spacial score (nSPS) is 10.8. The van der Waals surface area contributed by atoms with Crippen LogP contribution in [0.5, 0.6) is 0 Å². The van der Waals surface area contributed by atoms with Crippen LogP contribution in [0.2, 0.25) is 0 Å². The van der Waals surface area contributed by atoms with Crippen LogP contribution in [0.1, 0.15) is 24.5 Å². The van der Waals surface area contributed by atoms with E-state index in [0.29, 0.717) is 0 Å². The van der Waals surface area contributed by atoms with Crippen LogP contribution in [-0.4, -0.2) is 28.5 Å². The lowest BCUT2D eigenvalue weighted by atomic mass is 10.2. The summed E-state index contributed by atoms with van der Waals surface area (Å²) in [5.74, 6) is 0.993. The van der Waals surface area contributed by atoms with E-state index in [4.69, 9.17) is 0 Å². The van der Waals surface area contributed by atoms with Gasteiger partial charge in [-0.05, 0) is 31.2 Å². The summed E-state index contributed by atoms with van der Waals surface area (Å²) in [6, 6.07) is 8.19. The zero-order valence-corrected chi connectivity index (χ0v) is 12.2. The van der Waals surface area contributed by atoms with Gasteiger partial charge < -0.3 is 5.32 Å². The third kappa shape index (κ3) is 4.31. The van der Waals surface area contributed by atoms with Gasteiger partial charge in [0.05, 0.1) is 0 Å². The van der Waals surface area contributed by atoms with Crippen LogP contribution < -0.4 is 5.32 Å². The third-order valence-electron chi connectivity index (χ3n) is 3.05. The number of hydrogen-bond donors (Lipinski definition) is 1. The summed E-state index contributed by atoms with van der Waals surface area (Å²) < 4.78 is 0. The average molecular weight is 270 g/mol. The van der Waals surface area contributed by atoms with Crippen molar-refractivity contribution in [1.82, 2.24) is 14.9 Å². The predicted octanol–water partition coefficient (Wildman–Crippen LogP) is 2.93. The Morgan fingerprint density at radius 3 is 2.75 bits per heavy atom. The second-order valence-electron chi connectivity index (χ2n) is 4.97. The van der Waals surface area contributed by atoms with Crippen molar-refractivity contribution < 1.29 is 0 Å². The van der Waals surface area contributed by atoms with E-state index in [2.05, 4.69) is 46.3 Å². The fourth-order valence-electron chi connectivity index (χ4n) is 2.12. The van der Waals surface area contributed by atoms with Crippen LogP contribution in [0.4, 0.5) is 5.82 Å². The molecule has 0 atom stereocenters. The molecule has 0 fully saturated rings. The second-order valence-corrected chi connectivity index (χ2v) is 4.97. The Hall–Kier alpha value is -1.94. The lowest BCUT2D eigenvalue weighted by Crippen LogP contribution is -2.19. The Bertz CT molecular complexity index is 513. The molecule has 1 N–H and O–H groups in total. The highest BCUT2D eigenvalue weighted by atomic mass is 15.1. The molecule has 2 aromatic heterocycles. The topological polar surface area (TPSA) is 41.1 Å². The van der Waals surface area contributed by atoms with Crippen molar-refractivity contribution in [2.45, 2.75) is 26.4 Å². The first-order valence-electron chi connectivity index (χ1n) is 7.04. The van der Waals surface area contributed by atoms with Crippen molar-refractivity contribution in [3.63, 3.8) is 0 Å². The molecule has 0 aliphatic rings. The van der Waals surface area contributed by atoms with Crippen molar-refractivity contribution in [2.75, 3.05) is 18.9 Å². The molecule has 4 nitrogen and oxygen atoms in total. The maximum absolute atomic E-state index is 4.43. The van der Waals surface area contributed by atoms with Crippen LogP contribution in [0.3, 0.4) is 0 Å². The van der Waals surface area contributed by atoms with E-state index in [-0.39, 0.29) is 0 Å². The highest BCUT2D eigenvalue weighted by molar-refractivity contribution is 5.43. The second kappa shape index (κ2) is 7.60. The monoisotopic (exact) mass is 270 g/mol. The number of pyridine rings is 2. The van der Waals surface area contributed by atoms with Gasteiger partial charge in [-0.15, -0.1) is 0 Å². The predicted molar refractivity (Wildman–Crippen MR) is 82.4 cm³/mol. The molecule has 0 aliphatic heterocycles. The molecule has 0 radical (unpaired) electrons. The molecule has 0 aromatic carbocycles. The van der Waals surface area contributed by atoms with Gasteiger partial charge >= 0.3 is 0 Å². The molecule has 2 rings (SSSR count). The van der Waals surface area contributed by atoms with Crippen LogP contribution >= 0.6 is 0 Å². The van der Waals surface area contributed by atoms with E-state index >= 15 is 0 Å². The molecule has 0 bridgehead atoms. The Balaban J connectivity index is 1.98. The zero-order valence-electron chi connectivity index (χ0n) is 12.2. The highest BCUT2D eigenvalue weighted by Gasteiger charge is 2.06. The van der Waals surface area contributed by atoms with E-state index in [0.717, 1.165) is 31.9 Å². The summed E-state index contributed by atoms with van der Waals surface area (Å²) in [5.41, 5.74) is 2.45. The van der Waals surface area contributed by atoms with Crippen LogP contribution in [0, 0.1) is 0 Å². The van der Waals surface area contributed by atoms with Crippen molar-refractivity contribution in [2.24, 2.45) is 0 Å². The SMILES string of the molecule is CCCNc1ncccc1CN(C)Cc1cccnc1. The molecule has 0 saturated heterocycles. The van der Waals surface area contributed by atoms with Crippen LogP contribution in [-0.2, 0) is 13.1 Å². The Labute approximate surface area is 120 Å². The minimum atomic E-state index is 0.870. The molecule has 106 valence electrons. The standard InChI is InChI=1S/C16H22N4/c1-3-8-18-16-15(7-5-10-19-16)13-20(2)12-14-6-4-9-17-11-14/h4-7,9-11H,3,8,12-13H2,1-2H3,(H,18,19). The first-order valence-corrected chi connectivity index (χ1v) is 7.04. The van der Waals surface area contributed by atoms with Gasteiger partial charge in [-0.25, -0.2) is 4.98 Å². The van der Waals surface area contributed by atoms with Crippen LogP contribution in [0.25, 0.3) is 0 Å². The minimum absolute atomic E-state index is 0.870. The maximum atomic E-state index is 4.43. The Morgan fingerprint density at radius 1 is 1.15 bits per heavy atom. The molecule has 0 amide bonds. The third-order valence-corrected chi connectivity index (χ3v) is 3.05. The quantitative estimate of drug-likeness (QED) is 0.840. The van der Waals surface area contributed by atoms with Crippen molar-refractivity contribution in [3.05, 3.63) is 54.0 Å². The maximum Gasteiger partial charge on any atom is 0.130 e. The summed E-state index contributed by atoms with van der Waals surface area (Å²) in [7, 11) is 2.11. The smallest absolute Gasteiger partial charge is 0.130 e. The highest BCUT2D eigenvalue weighted by Crippen LogP contribution is 2.14. The van der Waals surface area contributed by atoms with E-state index in [1.807, 2.05) is 24.5 Å². The van der Waals surface area contributed by atoms with Gasteiger partial charge in [0.15, 0.2) is 0 Å². The first kappa shape index (κ1) is 14.5. The molecular weight excluding hydrogens is 248 g/mol. The number of hydrogen-bond acceptors (Lipinski definition) is 4. The molecule has 4 heteroatoms. The minimum Gasteiger partial charge on any atom is -0.370 e. The number of aromatic nitrogens is 2. The Kier molecular flexibility index (Phi) is 5.50. The number of anilines is 1. The summed E-state index contributed by atoms with van der Waals surface area (Å²) in [5, 5.41) is 3.38. The molecule has 2 heterocycles. The molecular formula is C16H22N4. The summed E-state index contributed by atoms with van der Waals surface area (Å²) >= 11 is 0. The molecule has 0 unspecified atom stereocenters. The fraction of sp³-hybridized carbons (Fsp3) is 0.375. The lowest BCUT2D eigenvalue weighted by molar-refractivity contribution is 0.319. The molecule has 0 spiro atoms. The van der Waals surface area contributed by atoms with E-state index < -0.39 is 0 Å². The van der Waals surface area contributed by atoms with E-state index in [9.17, 15) is 0 Å². The van der Waals surface area contributed by atoms with Crippen LogP contribution in [0.15, 0.2) is 42.9 Å². The number of rotatable bonds is 7. The number of nitrogens with one attached hydrogen (secondary N) is 1. The van der Waals surface area contributed by atoms with E-state index in [1.165, 1.54) is 11.1 Å². The van der Waals surface area contributed by atoms with Gasteiger partial charge in [-0.3, -0.25) is 9.88 Å². The van der Waals surface area contributed by atoms with Crippen molar-refractivity contribution in [3.8, 4) is 0 Å². The largest absolute Gasteiger partial charge is 0.370 e. The van der Waals surface area contributed by atoms with Gasteiger partial charge in [0.2, 0.25) is 0 Å². The Morgan fingerprint density at radius 2 is 2.00 bits per heavy atom. The van der Waals surface area contributed by atoms with Gasteiger partial charge in [0, 0.05) is 43.8 Å².